The van der Waals surface area contributed by atoms with Crippen LogP contribution in [0.2, 0.25) is 0 Å². The fourth-order valence-electron chi connectivity index (χ4n) is 2.50. The van der Waals surface area contributed by atoms with Gasteiger partial charge < -0.3 is 19.8 Å². The van der Waals surface area contributed by atoms with E-state index in [0.717, 1.165) is 6.42 Å². The van der Waals surface area contributed by atoms with E-state index in [4.69, 9.17) is 9.84 Å². The molecule has 22 heavy (non-hydrogen) atoms. The van der Waals surface area contributed by atoms with Gasteiger partial charge in [-0.1, -0.05) is 6.92 Å². The van der Waals surface area contributed by atoms with Gasteiger partial charge in [-0.05, 0) is 37.1 Å². The summed E-state index contributed by atoms with van der Waals surface area (Å²) in [7, 11) is 0. The number of carboxylic acid groups (broad SMARTS) is 1. The molecule has 0 unspecified atom stereocenters. The number of hydrogen-bond donors (Lipinski definition) is 2. The van der Waals surface area contributed by atoms with Crippen molar-refractivity contribution in [3.05, 3.63) is 29.8 Å². The first-order valence-electron chi connectivity index (χ1n) is 7.46. The summed E-state index contributed by atoms with van der Waals surface area (Å²) >= 11 is 0. The van der Waals surface area contributed by atoms with Gasteiger partial charge in [-0.3, -0.25) is 9.59 Å². The zero-order chi connectivity index (χ0) is 16.1. The summed E-state index contributed by atoms with van der Waals surface area (Å²) in [6, 6.07) is 6.85. The van der Waals surface area contributed by atoms with E-state index < -0.39 is 18.0 Å². The molecular weight excluding hydrogens is 286 g/mol. The largest absolute Gasteiger partial charge is 0.494 e. The van der Waals surface area contributed by atoms with E-state index >= 15 is 0 Å². The van der Waals surface area contributed by atoms with Crippen LogP contribution in [0.25, 0.3) is 0 Å². The van der Waals surface area contributed by atoms with E-state index in [9.17, 15) is 14.7 Å². The monoisotopic (exact) mass is 307 g/mol. The Morgan fingerprint density at radius 1 is 1.32 bits per heavy atom. The second kappa shape index (κ2) is 7.26. The van der Waals surface area contributed by atoms with Gasteiger partial charge in [0, 0.05) is 18.7 Å². The number of β-amino-alcohol motifs (C(OH)–C–C–N with tert-alkyl or cyclic N) is 1. The van der Waals surface area contributed by atoms with Crippen molar-refractivity contribution in [2.24, 2.45) is 5.92 Å². The molecule has 1 aliphatic rings. The minimum Gasteiger partial charge on any atom is -0.494 e. The lowest BCUT2D eigenvalue weighted by Crippen LogP contribution is -2.48. The van der Waals surface area contributed by atoms with Crippen LogP contribution in [0.15, 0.2) is 24.3 Å². The number of ether oxygens (including phenoxy) is 1. The molecule has 6 heteroatoms. The third-order valence-electron chi connectivity index (χ3n) is 3.76. The highest BCUT2D eigenvalue weighted by atomic mass is 16.5. The van der Waals surface area contributed by atoms with Gasteiger partial charge in [0.25, 0.3) is 5.91 Å². The Labute approximate surface area is 129 Å². The lowest BCUT2D eigenvalue weighted by molar-refractivity contribution is -0.148. The number of amides is 1. The predicted octanol–water partition coefficient (Wildman–Crippen LogP) is 1.38. The molecule has 0 aliphatic carbocycles. The maximum atomic E-state index is 12.4. The van der Waals surface area contributed by atoms with Gasteiger partial charge in [-0.25, -0.2) is 0 Å². The molecule has 0 radical (unpaired) electrons. The Bertz CT molecular complexity index is 528. The molecule has 6 nitrogen and oxygen atoms in total. The summed E-state index contributed by atoms with van der Waals surface area (Å²) in [6.07, 6.45) is 0.152. The molecule has 2 rings (SSSR count). The van der Waals surface area contributed by atoms with Gasteiger partial charge in [0.15, 0.2) is 0 Å². The quantitative estimate of drug-likeness (QED) is 0.858. The number of rotatable bonds is 5. The number of hydrogen-bond acceptors (Lipinski definition) is 4. The first kappa shape index (κ1) is 16.3. The molecule has 1 aliphatic heterocycles. The molecule has 0 spiro atoms. The SMILES string of the molecule is CCCOc1ccc(C(=O)N2CC[C@H](C(=O)O)[C@H](O)C2)cc1. The number of benzene rings is 1. The van der Waals surface area contributed by atoms with Crippen molar-refractivity contribution in [3.63, 3.8) is 0 Å². The first-order valence-corrected chi connectivity index (χ1v) is 7.46. The summed E-state index contributed by atoms with van der Waals surface area (Å²) in [4.78, 5) is 24.8. The highest BCUT2D eigenvalue weighted by Gasteiger charge is 2.34. The lowest BCUT2D eigenvalue weighted by Gasteiger charge is -2.34. The third kappa shape index (κ3) is 3.76. The summed E-state index contributed by atoms with van der Waals surface area (Å²) in [6.45, 7) is 3.02. The number of aliphatic hydroxyl groups is 1. The predicted molar refractivity (Wildman–Crippen MR) is 79.9 cm³/mol. The average molecular weight is 307 g/mol. The van der Waals surface area contributed by atoms with Crippen LogP contribution in [0, 0.1) is 5.92 Å². The maximum Gasteiger partial charge on any atom is 0.309 e. The van der Waals surface area contributed by atoms with Crippen LogP contribution < -0.4 is 4.74 Å². The number of carbonyl (C=O) groups excluding carboxylic acids is 1. The molecule has 1 aromatic carbocycles. The Kier molecular flexibility index (Phi) is 5.38. The van der Waals surface area contributed by atoms with E-state index in [2.05, 4.69) is 0 Å². The van der Waals surface area contributed by atoms with Crippen LogP contribution in [0.3, 0.4) is 0 Å². The van der Waals surface area contributed by atoms with Crippen LogP contribution in [-0.4, -0.2) is 52.8 Å². The number of carboxylic acids is 1. The van der Waals surface area contributed by atoms with Crippen LogP contribution in [0.1, 0.15) is 30.1 Å². The minimum absolute atomic E-state index is 0.0455. The molecule has 1 heterocycles. The van der Waals surface area contributed by atoms with Gasteiger partial charge >= 0.3 is 5.97 Å². The maximum absolute atomic E-state index is 12.4. The number of piperidine rings is 1. The topological polar surface area (TPSA) is 87.1 Å². The first-order chi connectivity index (χ1) is 10.5. The van der Waals surface area contributed by atoms with Crippen molar-refractivity contribution in [2.75, 3.05) is 19.7 Å². The summed E-state index contributed by atoms with van der Waals surface area (Å²) < 4.78 is 5.46. The van der Waals surface area contributed by atoms with E-state index in [0.29, 0.717) is 24.5 Å². The summed E-state index contributed by atoms with van der Waals surface area (Å²) in [5.74, 6) is -1.31. The lowest BCUT2D eigenvalue weighted by atomic mass is 9.93. The highest BCUT2D eigenvalue weighted by Crippen LogP contribution is 2.21. The van der Waals surface area contributed by atoms with Gasteiger partial charge in [0.1, 0.15) is 5.75 Å². The summed E-state index contributed by atoms with van der Waals surface area (Å²) in [5, 5.41) is 18.8. The molecule has 1 aromatic rings. The Morgan fingerprint density at radius 3 is 2.55 bits per heavy atom. The van der Waals surface area contributed by atoms with Crippen molar-refractivity contribution < 1.29 is 24.5 Å². The molecule has 1 saturated heterocycles. The minimum atomic E-state index is -1.03. The second-order valence-corrected chi connectivity index (χ2v) is 5.42. The molecule has 1 amide bonds. The van der Waals surface area contributed by atoms with Crippen molar-refractivity contribution in [1.29, 1.82) is 0 Å². The fourth-order valence-corrected chi connectivity index (χ4v) is 2.50. The van der Waals surface area contributed by atoms with E-state index in [-0.39, 0.29) is 18.9 Å². The number of likely N-dealkylation sites (tertiary alicyclic amines) is 1. The second-order valence-electron chi connectivity index (χ2n) is 5.42. The zero-order valence-electron chi connectivity index (χ0n) is 12.6. The normalized spacial score (nSPS) is 21.5. The van der Waals surface area contributed by atoms with Crippen molar-refractivity contribution in [1.82, 2.24) is 4.90 Å². The number of carbonyl (C=O) groups is 2. The molecule has 120 valence electrons. The molecule has 0 bridgehead atoms. The highest BCUT2D eigenvalue weighted by molar-refractivity contribution is 5.94. The molecule has 1 fully saturated rings. The van der Waals surface area contributed by atoms with E-state index in [1.807, 2.05) is 6.92 Å². The van der Waals surface area contributed by atoms with Gasteiger partial charge in [-0.2, -0.15) is 0 Å². The van der Waals surface area contributed by atoms with Gasteiger partial charge in [0.05, 0.1) is 18.6 Å². The molecule has 0 saturated carbocycles. The van der Waals surface area contributed by atoms with Crippen LogP contribution in [-0.2, 0) is 4.79 Å². The molecule has 0 aromatic heterocycles. The van der Waals surface area contributed by atoms with Crippen molar-refractivity contribution >= 4 is 11.9 Å². The fraction of sp³-hybridized carbons (Fsp3) is 0.500. The zero-order valence-corrected chi connectivity index (χ0v) is 12.6. The van der Waals surface area contributed by atoms with E-state index in [1.54, 1.807) is 24.3 Å². The standard InChI is InChI=1S/C16H21NO5/c1-2-9-22-12-5-3-11(4-6-12)15(19)17-8-7-13(16(20)21)14(18)10-17/h3-6,13-14,18H,2,7-10H2,1H3,(H,20,21)/t13-,14+/m0/s1. The molecule has 2 N–H and O–H groups in total. The summed E-state index contributed by atoms with van der Waals surface area (Å²) in [5.41, 5.74) is 0.504. The van der Waals surface area contributed by atoms with Crippen molar-refractivity contribution in [3.8, 4) is 5.75 Å². The van der Waals surface area contributed by atoms with Crippen LogP contribution in [0.5, 0.6) is 5.75 Å². The molecule has 2 atom stereocenters. The Morgan fingerprint density at radius 2 is 2.00 bits per heavy atom. The molecular formula is C16H21NO5. The van der Waals surface area contributed by atoms with Crippen LogP contribution in [0.4, 0.5) is 0 Å². The number of aliphatic carboxylic acids is 1. The average Bonchev–Trinajstić information content (AvgIpc) is 2.52. The van der Waals surface area contributed by atoms with Crippen molar-refractivity contribution in [2.45, 2.75) is 25.9 Å². The third-order valence-corrected chi connectivity index (χ3v) is 3.76. The number of aliphatic hydroxyl groups excluding tert-OH is 1. The van der Waals surface area contributed by atoms with Gasteiger partial charge in [-0.15, -0.1) is 0 Å². The Balaban J connectivity index is 1.98. The Hall–Kier alpha value is -2.08. The van der Waals surface area contributed by atoms with E-state index in [1.165, 1.54) is 4.90 Å². The van der Waals surface area contributed by atoms with Gasteiger partial charge in [0.2, 0.25) is 0 Å². The van der Waals surface area contributed by atoms with Crippen LogP contribution >= 0.6 is 0 Å². The smallest absolute Gasteiger partial charge is 0.309 e. The number of nitrogens with zero attached hydrogens (tertiary/aromatic N) is 1.